The Morgan fingerprint density at radius 2 is 2.08 bits per heavy atom. The highest BCUT2D eigenvalue weighted by molar-refractivity contribution is 6.42. The molecule has 2 aliphatic rings. The molecule has 0 amide bonds. The molecule has 130 valence electrons. The minimum Gasteiger partial charge on any atom is -0.462 e. The fourth-order valence-electron chi connectivity index (χ4n) is 3.69. The maximum Gasteiger partial charge on any atom is 0.341 e. The van der Waals surface area contributed by atoms with Crippen molar-refractivity contribution < 1.29 is 9.53 Å². The van der Waals surface area contributed by atoms with Gasteiger partial charge < -0.3 is 9.64 Å². The van der Waals surface area contributed by atoms with Crippen molar-refractivity contribution in [3.05, 3.63) is 51.8 Å². The number of fused-ring (bicyclic) bond motifs is 1. The highest BCUT2D eigenvalue weighted by Crippen LogP contribution is 2.59. The summed E-state index contributed by atoms with van der Waals surface area (Å²) in [6, 6.07) is 5.89. The molecule has 7 heteroatoms. The second-order valence-corrected chi connectivity index (χ2v) is 7.37. The molecule has 1 aromatic carbocycles. The second kappa shape index (κ2) is 6.15. The Kier molecular flexibility index (Phi) is 4.08. The van der Waals surface area contributed by atoms with Gasteiger partial charge >= 0.3 is 5.97 Å². The van der Waals surface area contributed by atoms with E-state index in [1.54, 1.807) is 6.92 Å². The molecule has 0 bridgehead atoms. The minimum absolute atomic E-state index is 0.109. The third kappa shape index (κ3) is 2.85. The van der Waals surface area contributed by atoms with Crippen LogP contribution in [0.25, 0.3) is 0 Å². The van der Waals surface area contributed by atoms with Crippen molar-refractivity contribution >= 4 is 35.1 Å². The van der Waals surface area contributed by atoms with Crippen LogP contribution < -0.4 is 4.90 Å². The van der Waals surface area contributed by atoms with Crippen LogP contribution in [0.3, 0.4) is 0 Å². The lowest BCUT2D eigenvalue weighted by atomic mass is 9.95. The van der Waals surface area contributed by atoms with Crippen molar-refractivity contribution in [1.29, 1.82) is 0 Å². The molecule has 1 saturated heterocycles. The molecular weight excluding hydrogens is 361 g/mol. The lowest BCUT2D eigenvalue weighted by Crippen LogP contribution is -2.28. The quantitative estimate of drug-likeness (QED) is 0.759. The zero-order valence-corrected chi connectivity index (χ0v) is 15.2. The van der Waals surface area contributed by atoms with Gasteiger partial charge in [0.25, 0.3) is 0 Å². The van der Waals surface area contributed by atoms with Crippen LogP contribution in [0, 0.1) is 5.92 Å². The van der Waals surface area contributed by atoms with Crippen LogP contribution in [-0.2, 0) is 10.2 Å². The number of carbonyl (C=O) groups excluding carboxylic acids is 1. The molecule has 0 unspecified atom stereocenters. The van der Waals surface area contributed by atoms with E-state index in [2.05, 4.69) is 20.9 Å². The largest absolute Gasteiger partial charge is 0.462 e. The van der Waals surface area contributed by atoms with Gasteiger partial charge in [-0.25, -0.2) is 14.8 Å². The summed E-state index contributed by atoms with van der Waals surface area (Å²) in [6.07, 6.45) is 4.19. The first-order chi connectivity index (χ1) is 12.0. The number of rotatable bonds is 4. The zero-order chi connectivity index (χ0) is 17.6. The molecule has 4 rings (SSSR count). The molecule has 1 saturated carbocycles. The Bertz CT molecular complexity index is 828. The van der Waals surface area contributed by atoms with Crippen molar-refractivity contribution in [2.24, 2.45) is 5.92 Å². The van der Waals surface area contributed by atoms with Crippen LogP contribution in [0.15, 0.2) is 30.6 Å². The van der Waals surface area contributed by atoms with Crippen molar-refractivity contribution in [1.82, 2.24) is 9.97 Å². The van der Waals surface area contributed by atoms with Crippen molar-refractivity contribution in [2.45, 2.75) is 18.8 Å². The lowest BCUT2D eigenvalue weighted by Gasteiger charge is -2.21. The van der Waals surface area contributed by atoms with Gasteiger partial charge in [0.15, 0.2) is 0 Å². The SMILES string of the molecule is CCOC(=O)c1cnc(N2C[C@H]3C[C@@]3(c3ccc(Cl)c(Cl)c3)C2)nc1. The Morgan fingerprint density at radius 3 is 2.76 bits per heavy atom. The van der Waals surface area contributed by atoms with Crippen LogP contribution in [-0.4, -0.2) is 35.6 Å². The number of esters is 1. The summed E-state index contributed by atoms with van der Waals surface area (Å²) in [5, 5.41) is 1.17. The predicted molar refractivity (Wildman–Crippen MR) is 96.4 cm³/mol. The van der Waals surface area contributed by atoms with Crippen molar-refractivity contribution in [2.75, 3.05) is 24.6 Å². The monoisotopic (exact) mass is 377 g/mol. The molecule has 2 heterocycles. The molecular formula is C18H17Cl2N3O2. The average molecular weight is 378 g/mol. The number of halogens is 2. The van der Waals surface area contributed by atoms with Gasteiger partial charge in [0.1, 0.15) is 0 Å². The van der Waals surface area contributed by atoms with Gasteiger partial charge in [0, 0.05) is 30.9 Å². The van der Waals surface area contributed by atoms with Crippen LogP contribution in [0.4, 0.5) is 5.95 Å². The van der Waals surface area contributed by atoms with Crippen molar-refractivity contribution in [3.8, 4) is 0 Å². The van der Waals surface area contributed by atoms with E-state index in [9.17, 15) is 4.79 Å². The number of nitrogens with zero attached hydrogens (tertiary/aromatic N) is 3. The van der Waals surface area contributed by atoms with E-state index in [1.807, 2.05) is 12.1 Å². The van der Waals surface area contributed by atoms with Crippen LogP contribution in [0.2, 0.25) is 10.0 Å². The highest BCUT2D eigenvalue weighted by atomic mass is 35.5. The fourth-order valence-corrected chi connectivity index (χ4v) is 3.99. The number of piperidine rings is 1. The average Bonchev–Trinajstić information content (AvgIpc) is 3.19. The third-order valence-electron chi connectivity index (χ3n) is 5.07. The van der Waals surface area contributed by atoms with E-state index in [0.29, 0.717) is 34.1 Å². The number of anilines is 1. The summed E-state index contributed by atoms with van der Waals surface area (Å²) in [7, 11) is 0. The van der Waals surface area contributed by atoms with Crippen LogP contribution in [0.1, 0.15) is 29.3 Å². The molecule has 1 aliphatic heterocycles. The van der Waals surface area contributed by atoms with E-state index in [0.717, 1.165) is 19.5 Å². The van der Waals surface area contributed by atoms with Gasteiger partial charge in [0.05, 0.1) is 22.2 Å². The first kappa shape index (κ1) is 16.6. The smallest absolute Gasteiger partial charge is 0.341 e. The Labute approximate surface area is 155 Å². The third-order valence-corrected chi connectivity index (χ3v) is 5.81. The first-order valence-electron chi connectivity index (χ1n) is 8.23. The van der Waals surface area contributed by atoms with Crippen molar-refractivity contribution in [3.63, 3.8) is 0 Å². The Hall–Kier alpha value is -1.85. The van der Waals surface area contributed by atoms with Gasteiger partial charge in [-0.2, -0.15) is 0 Å². The first-order valence-corrected chi connectivity index (χ1v) is 8.99. The summed E-state index contributed by atoms with van der Waals surface area (Å²) in [4.78, 5) is 22.5. The Morgan fingerprint density at radius 1 is 1.32 bits per heavy atom. The Balaban J connectivity index is 1.51. The van der Waals surface area contributed by atoms with Crippen LogP contribution >= 0.6 is 23.2 Å². The molecule has 5 nitrogen and oxygen atoms in total. The molecule has 0 radical (unpaired) electrons. The maximum atomic E-state index is 11.7. The fraction of sp³-hybridized carbons (Fsp3) is 0.389. The van der Waals surface area contributed by atoms with Crippen LogP contribution in [0.5, 0.6) is 0 Å². The number of hydrogen-bond acceptors (Lipinski definition) is 5. The standard InChI is InChI=1S/C18H17Cl2N3O2/c1-2-25-16(24)11-7-21-17(22-8-11)23-9-13-6-18(13,10-23)12-3-4-14(19)15(20)5-12/h3-5,7-8,13H,2,6,9-10H2,1H3/t13-,18+/m1/s1. The molecule has 2 atom stereocenters. The summed E-state index contributed by atoms with van der Waals surface area (Å²) >= 11 is 12.2. The minimum atomic E-state index is -0.398. The summed E-state index contributed by atoms with van der Waals surface area (Å²) in [6.45, 7) is 3.85. The number of aromatic nitrogens is 2. The van der Waals surface area contributed by atoms with Gasteiger partial charge in [-0.15, -0.1) is 0 Å². The van der Waals surface area contributed by atoms with E-state index in [4.69, 9.17) is 27.9 Å². The molecule has 2 fully saturated rings. The molecule has 1 aromatic heterocycles. The van der Waals surface area contributed by atoms with Gasteiger partial charge in [0.2, 0.25) is 5.95 Å². The summed E-state index contributed by atoms with van der Waals surface area (Å²) < 4.78 is 4.96. The maximum absolute atomic E-state index is 11.7. The number of carbonyl (C=O) groups is 1. The van der Waals surface area contributed by atoms with E-state index in [-0.39, 0.29) is 5.41 Å². The second-order valence-electron chi connectivity index (χ2n) is 6.56. The highest BCUT2D eigenvalue weighted by Gasteiger charge is 2.61. The van der Waals surface area contributed by atoms with Gasteiger partial charge in [-0.1, -0.05) is 29.3 Å². The van der Waals surface area contributed by atoms with E-state index >= 15 is 0 Å². The lowest BCUT2D eigenvalue weighted by molar-refractivity contribution is 0.0525. The molecule has 0 spiro atoms. The normalized spacial score (nSPS) is 24.1. The molecule has 25 heavy (non-hydrogen) atoms. The van der Waals surface area contributed by atoms with Gasteiger partial charge in [-0.05, 0) is 37.0 Å². The zero-order valence-electron chi connectivity index (χ0n) is 13.7. The summed E-state index contributed by atoms with van der Waals surface area (Å²) in [5.74, 6) is 0.809. The number of ether oxygens (including phenoxy) is 1. The van der Waals surface area contributed by atoms with E-state index in [1.165, 1.54) is 18.0 Å². The molecule has 2 aromatic rings. The number of benzene rings is 1. The molecule has 1 aliphatic carbocycles. The van der Waals surface area contributed by atoms with E-state index < -0.39 is 5.97 Å². The van der Waals surface area contributed by atoms with Gasteiger partial charge in [-0.3, -0.25) is 0 Å². The topological polar surface area (TPSA) is 55.3 Å². The summed E-state index contributed by atoms with van der Waals surface area (Å²) in [5.41, 5.74) is 1.70. The molecule has 0 N–H and O–H groups in total. The number of hydrogen-bond donors (Lipinski definition) is 0. The predicted octanol–water partition coefficient (Wildman–Crippen LogP) is 3.74.